The van der Waals surface area contributed by atoms with E-state index < -0.39 is 0 Å². The Morgan fingerprint density at radius 2 is 1.95 bits per heavy atom. The molecule has 0 radical (unpaired) electrons. The first-order chi connectivity index (χ1) is 9.60. The summed E-state index contributed by atoms with van der Waals surface area (Å²) in [6.07, 6.45) is 0. The fourth-order valence-corrected chi connectivity index (χ4v) is 2.20. The molecule has 106 valence electrons. The second kappa shape index (κ2) is 6.77. The summed E-state index contributed by atoms with van der Waals surface area (Å²) in [5.41, 5.74) is 7.97. The van der Waals surface area contributed by atoms with E-state index in [9.17, 15) is 0 Å². The second-order valence-corrected chi connectivity index (χ2v) is 5.46. The van der Waals surface area contributed by atoms with E-state index in [0.717, 1.165) is 27.1 Å². The third-order valence-electron chi connectivity index (χ3n) is 3.03. The van der Waals surface area contributed by atoms with Gasteiger partial charge in [0.25, 0.3) is 0 Å². The summed E-state index contributed by atoms with van der Waals surface area (Å²) in [6, 6.07) is 13.7. The van der Waals surface area contributed by atoms with Crippen molar-refractivity contribution in [1.29, 1.82) is 0 Å². The molecule has 1 unspecified atom stereocenters. The zero-order valence-corrected chi connectivity index (χ0v) is 13.2. The minimum atomic E-state index is 0.00195. The molecule has 0 amide bonds. The second-order valence-electron chi connectivity index (χ2n) is 4.61. The highest BCUT2D eigenvalue weighted by atomic mass is 79.9. The van der Waals surface area contributed by atoms with Gasteiger partial charge in [0.05, 0.1) is 7.11 Å². The third-order valence-corrected chi connectivity index (χ3v) is 3.80. The SMILES string of the molecule is COc1ccc(Br)c(COc2cccc(C(C)N)c2)c1. The highest BCUT2D eigenvalue weighted by molar-refractivity contribution is 9.10. The van der Waals surface area contributed by atoms with Crippen molar-refractivity contribution in [3.05, 3.63) is 58.1 Å². The molecule has 3 nitrogen and oxygen atoms in total. The Balaban J connectivity index is 2.10. The Morgan fingerprint density at radius 3 is 2.65 bits per heavy atom. The monoisotopic (exact) mass is 335 g/mol. The molecule has 1 atom stereocenters. The lowest BCUT2D eigenvalue weighted by Crippen LogP contribution is -2.05. The Bertz CT molecular complexity index is 584. The van der Waals surface area contributed by atoms with Crippen LogP contribution in [-0.4, -0.2) is 7.11 Å². The fraction of sp³-hybridized carbons (Fsp3) is 0.250. The minimum Gasteiger partial charge on any atom is -0.497 e. The Hall–Kier alpha value is -1.52. The van der Waals surface area contributed by atoms with Crippen molar-refractivity contribution >= 4 is 15.9 Å². The lowest BCUT2D eigenvalue weighted by atomic mass is 10.1. The molecular formula is C16H18BrNO2. The average Bonchev–Trinajstić information content (AvgIpc) is 2.46. The van der Waals surface area contributed by atoms with Crippen molar-refractivity contribution in [2.75, 3.05) is 7.11 Å². The minimum absolute atomic E-state index is 0.00195. The molecule has 0 aliphatic heterocycles. The first kappa shape index (κ1) is 14.9. The van der Waals surface area contributed by atoms with Crippen LogP contribution in [0.15, 0.2) is 46.9 Å². The largest absolute Gasteiger partial charge is 0.497 e. The highest BCUT2D eigenvalue weighted by Crippen LogP contribution is 2.25. The number of methoxy groups -OCH3 is 1. The van der Waals surface area contributed by atoms with E-state index in [1.807, 2.05) is 49.4 Å². The van der Waals surface area contributed by atoms with Gasteiger partial charge in [0.1, 0.15) is 18.1 Å². The van der Waals surface area contributed by atoms with Gasteiger partial charge in [-0.3, -0.25) is 0 Å². The van der Waals surface area contributed by atoms with Crippen LogP contribution in [0.5, 0.6) is 11.5 Å². The molecule has 0 saturated heterocycles. The van der Waals surface area contributed by atoms with Crippen LogP contribution in [-0.2, 0) is 6.61 Å². The molecule has 0 saturated carbocycles. The lowest BCUT2D eigenvalue weighted by molar-refractivity contribution is 0.304. The van der Waals surface area contributed by atoms with Gasteiger partial charge in [-0.2, -0.15) is 0 Å². The number of benzene rings is 2. The predicted molar refractivity (Wildman–Crippen MR) is 84.1 cm³/mol. The Morgan fingerprint density at radius 1 is 1.15 bits per heavy atom. The van der Waals surface area contributed by atoms with Gasteiger partial charge in [-0.25, -0.2) is 0 Å². The molecule has 2 N–H and O–H groups in total. The molecule has 2 aromatic rings. The summed E-state index contributed by atoms with van der Waals surface area (Å²) in [5.74, 6) is 1.63. The van der Waals surface area contributed by atoms with E-state index in [1.54, 1.807) is 7.11 Å². The molecule has 20 heavy (non-hydrogen) atoms. The summed E-state index contributed by atoms with van der Waals surface area (Å²) >= 11 is 3.52. The van der Waals surface area contributed by atoms with Crippen molar-refractivity contribution in [2.24, 2.45) is 5.73 Å². The van der Waals surface area contributed by atoms with Crippen LogP contribution in [0.1, 0.15) is 24.1 Å². The molecule has 0 spiro atoms. The molecule has 0 fully saturated rings. The van der Waals surface area contributed by atoms with Gasteiger partial charge in [0, 0.05) is 16.1 Å². The summed E-state index contributed by atoms with van der Waals surface area (Å²) in [4.78, 5) is 0. The van der Waals surface area contributed by atoms with E-state index in [4.69, 9.17) is 15.2 Å². The Kier molecular flexibility index (Phi) is 5.04. The van der Waals surface area contributed by atoms with Gasteiger partial charge in [-0.1, -0.05) is 28.1 Å². The number of nitrogens with two attached hydrogens (primary N) is 1. The standard InChI is InChI=1S/C16H18BrNO2/c1-11(18)12-4-3-5-15(8-12)20-10-13-9-14(19-2)6-7-16(13)17/h3-9,11H,10,18H2,1-2H3. The zero-order chi connectivity index (χ0) is 14.5. The molecule has 2 rings (SSSR count). The van der Waals surface area contributed by atoms with Gasteiger partial charge in [0.15, 0.2) is 0 Å². The van der Waals surface area contributed by atoms with E-state index >= 15 is 0 Å². The van der Waals surface area contributed by atoms with Crippen LogP contribution in [0.25, 0.3) is 0 Å². The number of rotatable bonds is 5. The van der Waals surface area contributed by atoms with Gasteiger partial charge in [-0.05, 0) is 42.8 Å². The Labute approximate surface area is 127 Å². The van der Waals surface area contributed by atoms with Crippen LogP contribution in [0.4, 0.5) is 0 Å². The van der Waals surface area contributed by atoms with Gasteiger partial charge >= 0.3 is 0 Å². The first-order valence-corrected chi connectivity index (χ1v) is 7.20. The number of halogens is 1. The normalized spacial score (nSPS) is 12.0. The molecule has 0 aromatic heterocycles. The molecule has 2 aromatic carbocycles. The number of hydrogen-bond acceptors (Lipinski definition) is 3. The summed E-state index contributed by atoms with van der Waals surface area (Å²) in [5, 5.41) is 0. The summed E-state index contributed by atoms with van der Waals surface area (Å²) in [7, 11) is 1.65. The van der Waals surface area contributed by atoms with Crippen molar-refractivity contribution in [3.63, 3.8) is 0 Å². The predicted octanol–water partition coefficient (Wildman–Crippen LogP) is 4.06. The summed E-state index contributed by atoms with van der Waals surface area (Å²) < 4.78 is 12.0. The van der Waals surface area contributed by atoms with Gasteiger partial charge in [0.2, 0.25) is 0 Å². The lowest BCUT2D eigenvalue weighted by Gasteiger charge is -2.11. The maximum absolute atomic E-state index is 5.87. The smallest absolute Gasteiger partial charge is 0.120 e. The number of hydrogen-bond donors (Lipinski definition) is 1. The zero-order valence-electron chi connectivity index (χ0n) is 11.6. The van der Waals surface area contributed by atoms with Crippen LogP contribution in [0.3, 0.4) is 0 Å². The quantitative estimate of drug-likeness (QED) is 0.896. The molecular weight excluding hydrogens is 318 g/mol. The molecule has 0 bridgehead atoms. The summed E-state index contributed by atoms with van der Waals surface area (Å²) in [6.45, 7) is 2.43. The van der Waals surface area contributed by atoms with E-state index in [2.05, 4.69) is 15.9 Å². The van der Waals surface area contributed by atoms with Crippen molar-refractivity contribution in [1.82, 2.24) is 0 Å². The van der Waals surface area contributed by atoms with Crippen molar-refractivity contribution < 1.29 is 9.47 Å². The van der Waals surface area contributed by atoms with Crippen molar-refractivity contribution in [3.8, 4) is 11.5 Å². The van der Waals surface area contributed by atoms with Crippen LogP contribution in [0, 0.1) is 0 Å². The van der Waals surface area contributed by atoms with Crippen LogP contribution < -0.4 is 15.2 Å². The fourth-order valence-electron chi connectivity index (χ4n) is 1.84. The van der Waals surface area contributed by atoms with Gasteiger partial charge < -0.3 is 15.2 Å². The van der Waals surface area contributed by atoms with E-state index in [1.165, 1.54) is 0 Å². The van der Waals surface area contributed by atoms with E-state index in [-0.39, 0.29) is 6.04 Å². The van der Waals surface area contributed by atoms with Crippen molar-refractivity contribution in [2.45, 2.75) is 19.6 Å². The third kappa shape index (κ3) is 3.74. The molecule has 0 heterocycles. The maximum atomic E-state index is 5.87. The van der Waals surface area contributed by atoms with Gasteiger partial charge in [-0.15, -0.1) is 0 Å². The average molecular weight is 336 g/mol. The highest BCUT2D eigenvalue weighted by Gasteiger charge is 2.05. The van der Waals surface area contributed by atoms with E-state index in [0.29, 0.717) is 6.61 Å². The van der Waals surface area contributed by atoms with Crippen LogP contribution in [0.2, 0.25) is 0 Å². The van der Waals surface area contributed by atoms with Crippen LogP contribution >= 0.6 is 15.9 Å². The maximum Gasteiger partial charge on any atom is 0.120 e. The first-order valence-electron chi connectivity index (χ1n) is 6.41. The number of ether oxygens (including phenoxy) is 2. The molecule has 4 heteroatoms. The molecule has 0 aliphatic carbocycles. The topological polar surface area (TPSA) is 44.5 Å². The molecule has 0 aliphatic rings.